The zero-order chi connectivity index (χ0) is 20.7. The largest absolute Gasteiger partial charge is 0.469 e. The van der Waals surface area contributed by atoms with Crippen molar-refractivity contribution in [3.8, 4) is 0 Å². The van der Waals surface area contributed by atoms with Crippen LogP contribution in [0.5, 0.6) is 0 Å². The normalized spacial score (nSPS) is 10.7. The van der Waals surface area contributed by atoms with Crippen molar-refractivity contribution in [2.45, 2.75) is 20.3 Å². The molecule has 0 spiro atoms. The van der Waals surface area contributed by atoms with Crippen LogP contribution < -0.4 is 10.6 Å². The molecule has 0 unspecified atom stereocenters. The molecule has 0 saturated carbocycles. The molecule has 0 radical (unpaired) electrons. The van der Waals surface area contributed by atoms with Gasteiger partial charge in [-0.15, -0.1) is 10.2 Å². The van der Waals surface area contributed by atoms with E-state index >= 15 is 0 Å². The van der Waals surface area contributed by atoms with Gasteiger partial charge in [0, 0.05) is 19.2 Å². The van der Waals surface area contributed by atoms with Crippen LogP contribution in [0.4, 0.5) is 27.2 Å². The van der Waals surface area contributed by atoms with Gasteiger partial charge in [-0.2, -0.15) is 0 Å². The number of benzene rings is 1. The number of ether oxygens (including phenoxy) is 1. The van der Waals surface area contributed by atoms with Crippen molar-refractivity contribution in [2.24, 2.45) is 10.2 Å². The highest BCUT2D eigenvalue weighted by Crippen LogP contribution is 2.34. The number of amides is 1. The Bertz CT molecular complexity index is 926. The SMILES string of the molecule is COC(=O)CCNc1cc(NC(C)=O)c(N=Nc2ncc([N+](=O)[O-])s2)cc1C. The fraction of sp³-hybridized carbons (Fsp3) is 0.312. The third-order valence-corrected chi connectivity index (χ3v) is 4.26. The number of aromatic nitrogens is 1. The van der Waals surface area contributed by atoms with Crippen LogP contribution in [-0.2, 0) is 14.3 Å². The quantitative estimate of drug-likeness (QED) is 0.294. The number of azo groups is 1. The second-order valence-electron chi connectivity index (χ2n) is 5.56. The second kappa shape index (κ2) is 9.50. The van der Waals surface area contributed by atoms with E-state index in [1.807, 2.05) is 6.92 Å². The first-order chi connectivity index (χ1) is 13.3. The number of esters is 1. The molecular formula is C16H18N6O5S. The molecule has 0 aliphatic rings. The van der Waals surface area contributed by atoms with Gasteiger partial charge < -0.3 is 15.4 Å². The number of anilines is 2. The number of nitro groups is 1. The summed E-state index contributed by atoms with van der Waals surface area (Å²) in [6.45, 7) is 3.54. The van der Waals surface area contributed by atoms with E-state index in [4.69, 9.17) is 0 Å². The summed E-state index contributed by atoms with van der Waals surface area (Å²) >= 11 is 0.789. The molecule has 148 valence electrons. The Morgan fingerprint density at radius 1 is 1.32 bits per heavy atom. The number of hydrogen-bond donors (Lipinski definition) is 2. The lowest BCUT2D eigenvalue weighted by Crippen LogP contribution is -2.11. The van der Waals surface area contributed by atoms with E-state index in [0.717, 1.165) is 23.1 Å². The molecule has 28 heavy (non-hydrogen) atoms. The first-order valence-electron chi connectivity index (χ1n) is 8.05. The highest BCUT2D eigenvalue weighted by molar-refractivity contribution is 7.18. The molecule has 0 bridgehead atoms. The number of hydrogen-bond acceptors (Lipinski definition) is 10. The van der Waals surface area contributed by atoms with Crippen molar-refractivity contribution in [1.82, 2.24) is 4.98 Å². The van der Waals surface area contributed by atoms with E-state index in [0.29, 0.717) is 23.6 Å². The van der Waals surface area contributed by atoms with Gasteiger partial charge in [-0.1, -0.05) is 0 Å². The van der Waals surface area contributed by atoms with E-state index < -0.39 is 4.92 Å². The fourth-order valence-corrected chi connectivity index (χ4v) is 2.69. The molecule has 11 nitrogen and oxygen atoms in total. The Balaban J connectivity index is 2.25. The van der Waals surface area contributed by atoms with Crippen LogP contribution in [0.25, 0.3) is 0 Å². The number of nitrogens with zero attached hydrogens (tertiary/aromatic N) is 4. The van der Waals surface area contributed by atoms with Gasteiger partial charge in [-0.3, -0.25) is 19.7 Å². The maximum Gasteiger partial charge on any atom is 0.345 e. The van der Waals surface area contributed by atoms with Crippen molar-refractivity contribution in [3.05, 3.63) is 34.0 Å². The number of aryl methyl sites for hydroxylation is 1. The van der Waals surface area contributed by atoms with Crippen LogP contribution >= 0.6 is 11.3 Å². The summed E-state index contributed by atoms with van der Waals surface area (Å²) in [6, 6.07) is 3.37. The van der Waals surface area contributed by atoms with Gasteiger partial charge in [0.05, 0.1) is 24.1 Å². The number of nitrogens with one attached hydrogen (secondary N) is 2. The van der Waals surface area contributed by atoms with Crippen molar-refractivity contribution in [1.29, 1.82) is 0 Å². The minimum atomic E-state index is -0.557. The number of rotatable bonds is 8. The van der Waals surface area contributed by atoms with Gasteiger partial charge >= 0.3 is 11.0 Å². The Kier molecular flexibility index (Phi) is 7.09. The van der Waals surface area contributed by atoms with Gasteiger partial charge in [0.15, 0.2) is 0 Å². The van der Waals surface area contributed by atoms with Gasteiger partial charge in [-0.05, 0) is 36.0 Å². The van der Waals surface area contributed by atoms with Crippen LogP contribution in [0.3, 0.4) is 0 Å². The smallest absolute Gasteiger partial charge is 0.345 e. The summed E-state index contributed by atoms with van der Waals surface area (Å²) in [5.41, 5.74) is 2.27. The molecule has 0 fully saturated rings. The maximum absolute atomic E-state index is 11.5. The van der Waals surface area contributed by atoms with Gasteiger partial charge in [0.25, 0.3) is 0 Å². The number of methoxy groups -OCH3 is 1. The Hall–Kier alpha value is -3.41. The third-order valence-electron chi connectivity index (χ3n) is 3.43. The lowest BCUT2D eigenvalue weighted by Gasteiger charge is -2.13. The van der Waals surface area contributed by atoms with E-state index in [2.05, 4.69) is 30.6 Å². The van der Waals surface area contributed by atoms with Crippen LogP contribution in [0.15, 0.2) is 28.6 Å². The molecule has 2 N–H and O–H groups in total. The maximum atomic E-state index is 11.5. The minimum Gasteiger partial charge on any atom is -0.469 e. The Labute approximate surface area is 164 Å². The van der Waals surface area contributed by atoms with Gasteiger partial charge in [-0.25, -0.2) is 4.98 Å². The van der Waals surface area contributed by atoms with Gasteiger partial charge in [0.2, 0.25) is 11.0 Å². The summed E-state index contributed by atoms with van der Waals surface area (Å²) in [5, 5.41) is 24.4. The first kappa shape index (κ1) is 20.9. The van der Waals surface area contributed by atoms with E-state index in [1.165, 1.54) is 14.0 Å². The predicted octanol–water partition coefficient (Wildman–Crippen LogP) is 3.71. The standard InChI is InChI=1S/C16H18N6O5S/c1-9-6-13(20-21-16-18-8-14(28-16)22(25)26)12(19-10(2)23)7-11(9)17-5-4-15(24)27-3/h6-8,17H,4-5H2,1-3H3,(H,19,23). The molecule has 0 saturated heterocycles. The third kappa shape index (κ3) is 5.81. The Morgan fingerprint density at radius 2 is 2.07 bits per heavy atom. The molecular weight excluding hydrogens is 388 g/mol. The molecule has 1 heterocycles. The van der Waals surface area contributed by atoms with Crippen LogP contribution in [0, 0.1) is 17.0 Å². The molecule has 1 aromatic heterocycles. The number of thiazole rings is 1. The van der Waals surface area contributed by atoms with E-state index in [9.17, 15) is 19.7 Å². The molecule has 0 atom stereocenters. The number of carbonyl (C=O) groups is 2. The monoisotopic (exact) mass is 406 g/mol. The molecule has 2 aromatic rings. The lowest BCUT2D eigenvalue weighted by atomic mass is 10.1. The second-order valence-corrected chi connectivity index (χ2v) is 6.54. The van der Waals surface area contributed by atoms with Crippen molar-refractivity contribution in [2.75, 3.05) is 24.3 Å². The molecule has 2 rings (SSSR count). The minimum absolute atomic E-state index is 0.124. The highest BCUT2D eigenvalue weighted by atomic mass is 32.1. The Morgan fingerprint density at radius 3 is 2.68 bits per heavy atom. The zero-order valence-electron chi connectivity index (χ0n) is 15.4. The average Bonchev–Trinajstić information content (AvgIpc) is 3.11. The summed E-state index contributed by atoms with van der Waals surface area (Å²) < 4.78 is 4.59. The summed E-state index contributed by atoms with van der Waals surface area (Å²) in [5.74, 6) is -0.638. The highest BCUT2D eigenvalue weighted by Gasteiger charge is 2.12. The molecule has 0 aliphatic heterocycles. The van der Waals surface area contributed by atoms with Crippen LogP contribution in [0.1, 0.15) is 18.9 Å². The molecule has 1 aromatic carbocycles. The van der Waals surface area contributed by atoms with Crippen LogP contribution in [0.2, 0.25) is 0 Å². The predicted molar refractivity (Wildman–Crippen MR) is 104 cm³/mol. The van der Waals surface area contributed by atoms with E-state index in [-0.39, 0.29) is 28.4 Å². The molecule has 1 amide bonds. The van der Waals surface area contributed by atoms with Crippen LogP contribution in [-0.4, -0.2) is 35.4 Å². The first-order valence-corrected chi connectivity index (χ1v) is 8.86. The number of carbonyl (C=O) groups excluding carboxylic acids is 2. The van der Waals surface area contributed by atoms with Crippen molar-refractivity contribution in [3.63, 3.8) is 0 Å². The summed E-state index contributed by atoms with van der Waals surface area (Å²) in [7, 11) is 1.32. The van der Waals surface area contributed by atoms with Gasteiger partial charge in [0.1, 0.15) is 11.9 Å². The van der Waals surface area contributed by atoms with Crippen molar-refractivity contribution < 1.29 is 19.2 Å². The zero-order valence-corrected chi connectivity index (χ0v) is 16.2. The molecule has 0 aliphatic carbocycles. The summed E-state index contributed by atoms with van der Waals surface area (Å²) in [4.78, 5) is 36.7. The summed E-state index contributed by atoms with van der Waals surface area (Å²) in [6.07, 6.45) is 1.29. The molecule has 12 heteroatoms. The van der Waals surface area contributed by atoms with E-state index in [1.54, 1.807) is 12.1 Å². The average molecular weight is 406 g/mol. The fourth-order valence-electron chi connectivity index (χ4n) is 2.14. The van der Waals surface area contributed by atoms with Crippen molar-refractivity contribution >= 4 is 50.4 Å². The topological polar surface area (TPSA) is 148 Å². The lowest BCUT2D eigenvalue weighted by molar-refractivity contribution is -0.380.